The molecule has 0 N–H and O–H groups in total. The van der Waals surface area contributed by atoms with Crippen LogP contribution in [0.2, 0.25) is 0 Å². The number of esters is 1. The number of aromatic nitrogens is 3. The van der Waals surface area contributed by atoms with Gasteiger partial charge in [0.1, 0.15) is 24.5 Å². The Morgan fingerprint density at radius 2 is 1.92 bits per heavy atom. The van der Waals surface area contributed by atoms with E-state index >= 15 is 0 Å². The topological polar surface area (TPSA) is 65.7 Å². The molecule has 4 rings (SSSR count). The second kappa shape index (κ2) is 6.60. The van der Waals surface area contributed by atoms with Crippen LogP contribution in [0, 0.1) is 0 Å². The monoisotopic (exact) mass is 333 g/mol. The molecule has 0 fully saturated rings. The lowest BCUT2D eigenvalue weighted by Crippen LogP contribution is -2.12. The summed E-state index contributed by atoms with van der Waals surface area (Å²) < 4.78 is 12.7. The van der Waals surface area contributed by atoms with Crippen molar-refractivity contribution in [1.29, 1.82) is 0 Å². The second-order valence-corrected chi connectivity index (χ2v) is 5.40. The molecular weight excluding hydrogens is 318 g/mol. The number of ether oxygens (including phenoxy) is 2. The lowest BCUT2D eigenvalue weighted by molar-refractivity contribution is 0.0453. The summed E-state index contributed by atoms with van der Waals surface area (Å²) in [5.41, 5.74) is 2.02. The number of hydrogen-bond donors (Lipinski definition) is 0. The van der Waals surface area contributed by atoms with E-state index in [4.69, 9.17) is 9.47 Å². The number of para-hydroxylation sites is 1. The first-order valence-corrected chi connectivity index (χ1v) is 7.89. The number of benzene rings is 1. The van der Waals surface area contributed by atoms with Gasteiger partial charge in [-0.15, -0.1) is 0 Å². The molecule has 0 aliphatic carbocycles. The molecule has 3 aromatic heterocycles. The zero-order valence-corrected chi connectivity index (χ0v) is 13.3. The van der Waals surface area contributed by atoms with Gasteiger partial charge < -0.3 is 9.47 Å². The smallest absolute Gasteiger partial charge is 0.342 e. The third-order valence-corrected chi connectivity index (χ3v) is 3.83. The number of carbonyl (C=O) groups is 1. The quantitative estimate of drug-likeness (QED) is 0.415. The summed E-state index contributed by atoms with van der Waals surface area (Å²) in [5, 5.41) is 5.06. The number of pyridine rings is 2. The van der Waals surface area contributed by atoms with Crippen molar-refractivity contribution in [1.82, 2.24) is 14.6 Å². The van der Waals surface area contributed by atoms with E-state index < -0.39 is 5.97 Å². The Bertz CT molecular complexity index is 1040. The average Bonchev–Trinajstić information content (AvgIpc) is 3.09. The SMILES string of the molecule is O=C(OCCOc1ccnc2ccccc12)c1cnn2ccccc12. The van der Waals surface area contributed by atoms with Gasteiger partial charge in [0.05, 0.1) is 17.2 Å². The van der Waals surface area contributed by atoms with Crippen molar-refractivity contribution >= 4 is 22.4 Å². The van der Waals surface area contributed by atoms with Gasteiger partial charge in [-0.25, -0.2) is 9.31 Å². The summed E-state index contributed by atoms with van der Waals surface area (Å²) in [4.78, 5) is 16.5. The Morgan fingerprint density at radius 1 is 1.04 bits per heavy atom. The van der Waals surface area contributed by atoms with E-state index in [1.54, 1.807) is 23.0 Å². The number of rotatable bonds is 5. The lowest BCUT2D eigenvalue weighted by atomic mass is 10.2. The van der Waals surface area contributed by atoms with Crippen LogP contribution in [0.5, 0.6) is 5.75 Å². The van der Waals surface area contributed by atoms with Crippen LogP contribution < -0.4 is 4.74 Å². The normalized spacial score (nSPS) is 10.9. The summed E-state index contributed by atoms with van der Waals surface area (Å²) in [6.07, 6.45) is 4.99. The van der Waals surface area contributed by atoms with Gasteiger partial charge in [0.25, 0.3) is 0 Å². The van der Waals surface area contributed by atoms with E-state index in [-0.39, 0.29) is 13.2 Å². The molecule has 1 aromatic carbocycles. The van der Waals surface area contributed by atoms with Gasteiger partial charge in [0, 0.05) is 17.8 Å². The van der Waals surface area contributed by atoms with Gasteiger partial charge in [-0.05, 0) is 30.3 Å². The molecule has 0 amide bonds. The van der Waals surface area contributed by atoms with E-state index in [9.17, 15) is 4.79 Å². The summed E-state index contributed by atoms with van der Waals surface area (Å²) in [5.74, 6) is 0.307. The van der Waals surface area contributed by atoms with Crippen molar-refractivity contribution in [2.75, 3.05) is 13.2 Å². The van der Waals surface area contributed by atoms with Gasteiger partial charge in [-0.1, -0.05) is 18.2 Å². The molecule has 6 heteroatoms. The summed E-state index contributed by atoms with van der Waals surface area (Å²) in [6.45, 7) is 0.415. The fourth-order valence-electron chi connectivity index (χ4n) is 2.65. The molecule has 0 unspecified atom stereocenters. The van der Waals surface area contributed by atoms with Gasteiger partial charge in [-0.2, -0.15) is 5.10 Å². The van der Waals surface area contributed by atoms with Crippen LogP contribution in [0.3, 0.4) is 0 Å². The van der Waals surface area contributed by atoms with Crippen LogP contribution in [0.15, 0.2) is 67.1 Å². The highest BCUT2D eigenvalue weighted by Gasteiger charge is 2.13. The first kappa shape index (κ1) is 15.1. The van der Waals surface area contributed by atoms with E-state index in [2.05, 4.69) is 10.1 Å². The molecule has 0 saturated heterocycles. The maximum absolute atomic E-state index is 12.2. The number of hydrogen-bond acceptors (Lipinski definition) is 5. The predicted molar refractivity (Wildman–Crippen MR) is 92.7 cm³/mol. The first-order chi connectivity index (χ1) is 12.3. The predicted octanol–water partition coefficient (Wildman–Crippen LogP) is 3.12. The second-order valence-electron chi connectivity index (χ2n) is 5.40. The molecule has 0 saturated carbocycles. The molecule has 0 atom stereocenters. The number of fused-ring (bicyclic) bond motifs is 2. The van der Waals surface area contributed by atoms with Crippen molar-refractivity contribution < 1.29 is 14.3 Å². The molecule has 3 heterocycles. The van der Waals surface area contributed by atoms with Gasteiger partial charge >= 0.3 is 5.97 Å². The maximum atomic E-state index is 12.2. The van der Waals surface area contributed by atoms with Crippen LogP contribution in [0.4, 0.5) is 0 Å². The molecule has 0 bridgehead atoms. The minimum Gasteiger partial charge on any atom is -0.489 e. The number of carbonyl (C=O) groups excluding carboxylic acids is 1. The molecule has 6 nitrogen and oxygen atoms in total. The zero-order valence-electron chi connectivity index (χ0n) is 13.3. The molecule has 4 aromatic rings. The molecule has 0 radical (unpaired) electrons. The third kappa shape index (κ3) is 3.01. The fourth-order valence-corrected chi connectivity index (χ4v) is 2.65. The van der Waals surface area contributed by atoms with E-state index in [0.717, 1.165) is 16.7 Å². The van der Waals surface area contributed by atoms with Gasteiger partial charge in [0.2, 0.25) is 0 Å². The van der Waals surface area contributed by atoms with Crippen molar-refractivity contribution in [3.8, 4) is 5.75 Å². The summed E-state index contributed by atoms with van der Waals surface area (Å²) in [6, 6.07) is 15.1. The van der Waals surface area contributed by atoms with Crippen molar-refractivity contribution in [2.45, 2.75) is 0 Å². The zero-order chi connectivity index (χ0) is 17.1. The van der Waals surface area contributed by atoms with Gasteiger partial charge in [0.15, 0.2) is 0 Å². The molecule has 124 valence electrons. The Morgan fingerprint density at radius 3 is 2.88 bits per heavy atom. The Labute approximate surface area is 143 Å². The van der Waals surface area contributed by atoms with Crippen LogP contribution >= 0.6 is 0 Å². The van der Waals surface area contributed by atoms with Crippen LogP contribution in [0.1, 0.15) is 10.4 Å². The highest BCUT2D eigenvalue weighted by molar-refractivity contribution is 5.96. The lowest BCUT2D eigenvalue weighted by Gasteiger charge is -2.09. The molecular formula is C19H15N3O3. The standard InChI is InChI=1S/C19H15N3O3/c23-19(15-13-21-22-10-4-3-7-17(15)22)25-12-11-24-18-8-9-20-16-6-2-1-5-14(16)18/h1-10,13H,11-12H2. The van der Waals surface area contributed by atoms with Gasteiger partial charge in [-0.3, -0.25) is 4.98 Å². The van der Waals surface area contributed by atoms with E-state index in [0.29, 0.717) is 11.1 Å². The molecule has 25 heavy (non-hydrogen) atoms. The largest absolute Gasteiger partial charge is 0.489 e. The molecule has 0 spiro atoms. The molecule has 0 aliphatic rings. The average molecular weight is 333 g/mol. The number of nitrogens with zero attached hydrogens (tertiary/aromatic N) is 3. The van der Waals surface area contributed by atoms with Crippen LogP contribution in [-0.4, -0.2) is 33.8 Å². The Hall–Kier alpha value is -3.41. The fraction of sp³-hybridized carbons (Fsp3) is 0.105. The highest BCUT2D eigenvalue weighted by Crippen LogP contribution is 2.23. The van der Waals surface area contributed by atoms with Crippen LogP contribution in [0.25, 0.3) is 16.4 Å². The molecule has 0 aliphatic heterocycles. The Kier molecular flexibility index (Phi) is 4.00. The van der Waals surface area contributed by atoms with Crippen molar-refractivity contribution in [2.24, 2.45) is 0 Å². The van der Waals surface area contributed by atoms with E-state index in [1.807, 2.05) is 42.5 Å². The van der Waals surface area contributed by atoms with E-state index in [1.165, 1.54) is 6.20 Å². The highest BCUT2D eigenvalue weighted by atomic mass is 16.6. The first-order valence-electron chi connectivity index (χ1n) is 7.89. The Balaban J connectivity index is 1.38. The minimum atomic E-state index is -0.413. The van der Waals surface area contributed by atoms with Crippen molar-refractivity contribution in [3.05, 3.63) is 72.7 Å². The third-order valence-electron chi connectivity index (χ3n) is 3.83. The van der Waals surface area contributed by atoms with Crippen molar-refractivity contribution in [3.63, 3.8) is 0 Å². The summed E-state index contributed by atoms with van der Waals surface area (Å²) >= 11 is 0. The minimum absolute atomic E-state index is 0.152. The maximum Gasteiger partial charge on any atom is 0.342 e. The van der Waals surface area contributed by atoms with Crippen LogP contribution in [-0.2, 0) is 4.74 Å². The summed E-state index contributed by atoms with van der Waals surface area (Å²) in [7, 11) is 0.